The molecular weight excluding hydrogens is 319 g/mol. The summed E-state index contributed by atoms with van der Waals surface area (Å²) in [6.45, 7) is 0.338. The van der Waals surface area contributed by atoms with Crippen LogP contribution in [0.3, 0.4) is 0 Å². The molecule has 2 aliphatic rings. The summed E-state index contributed by atoms with van der Waals surface area (Å²) in [6, 6.07) is 14.0. The number of carbonyl (C=O) groups excluding carboxylic acids is 2. The summed E-state index contributed by atoms with van der Waals surface area (Å²) in [5, 5.41) is 3.10. The van der Waals surface area contributed by atoms with Crippen molar-refractivity contribution in [3.63, 3.8) is 0 Å². The van der Waals surface area contributed by atoms with E-state index in [0.29, 0.717) is 12.2 Å². The van der Waals surface area contributed by atoms with Crippen molar-refractivity contribution in [3.8, 4) is 0 Å². The number of rotatable bonds is 3. The first-order chi connectivity index (χ1) is 12.1. The number of hydrogen-bond acceptors (Lipinski definition) is 2. The minimum Gasteiger partial charge on any atom is -0.349 e. The van der Waals surface area contributed by atoms with E-state index in [1.807, 2.05) is 12.1 Å². The first-order valence-corrected chi connectivity index (χ1v) is 8.56. The Morgan fingerprint density at radius 1 is 1.12 bits per heavy atom. The van der Waals surface area contributed by atoms with Crippen molar-refractivity contribution in [2.24, 2.45) is 5.92 Å². The van der Waals surface area contributed by atoms with Crippen LogP contribution in [0.25, 0.3) is 0 Å². The Bertz CT molecular complexity index is 819. The number of halogens is 1. The van der Waals surface area contributed by atoms with E-state index in [9.17, 15) is 14.0 Å². The molecule has 2 atom stereocenters. The molecule has 1 fully saturated rings. The first-order valence-electron chi connectivity index (χ1n) is 8.56. The van der Waals surface area contributed by atoms with Crippen molar-refractivity contribution in [1.82, 2.24) is 5.32 Å². The fourth-order valence-corrected chi connectivity index (χ4v) is 3.75. The molecule has 1 aliphatic carbocycles. The predicted octanol–water partition coefficient (Wildman–Crippen LogP) is 2.98. The van der Waals surface area contributed by atoms with Crippen LogP contribution in [-0.2, 0) is 16.0 Å². The summed E-state index contributed by atoms with van der Waals surface area (Å²) >= 11 is 0. The van der Waals surface area contributed by atoms with E-state index in [2.05, 4.69) is 17.4 Å². The van der Waals surface area contributed by atoms with Gasteiger partial charge in [0.05, 0.1) is 12.0 Å². The number of nitrogens with one attached hydrogen (secondary N) is 1. The molecule has 5 heteroatoms. The zero-order valence-electron chi connectivity index (χ0n) is 13.7. The van der Waals surface area contributed by atoms with Crippen molar-refractivity contribution >= 4 is 17.5 Å². The van der Waals surface area contributed by atoms with Crippen molar-refractivity contribution in [1.29, 1.82) is 0 Å². The molecule has 1 N–H and O–H groups in total. The Morgan fingerprint density at radius 3 is 2.68 bits per heavy atom. The maximum absolute atomic E-state index is 13.1. The minimum atomic E-state index is -0.370. The molecule has 2 unspecified atom stereocenters. The summed E-state index contributed by atoms with van der Waals surface area (Å²) < 4.78 is 13.1. The number of amides is 2. The van der Waals surface area contributed by atoms with Crippen LogP contribution in [0.1, 0.15) is 30.0 Å². The van der Waals surface area contributed by atoms with E-state index in [-0.39, 0.29) is 36.0 Å². The lowest BCUT2D eigenvalue weighted by atomic mass is 10.1. The second-order valence-electron chi connectivity index (χ2n) is 6.68. The molecule has 2 aromatic rings. The summed E-state index contributed by atoms with van der Waals surface area (Å²) in [5.74, 6) is -0.895. The van der Waals surface area contributed by atoms with Gasteiger partial charge in [-0.25, -0.2) is 4.39 Å². The van der Waals surface area contributed by atoms with Crippen LogP contribution in [0.2, 0.25) is 0 Å². The number of fused-ring (bicyclic) bond motifs is 1. The molecule has 25 heavy (non-hydrogen) atoms. The molecule has 2 aromatic carbocycles. The second kappa shape index (κ2) is 6.31. The first kappa shape index (κ1) is 15.8. The zero-order chi connectivity index (χ0) is 17.4. The van der Waals surface area contributed by atoms with Gasteiger partial charge in [0, 0.05) is 18.7 Å². The summed E-state index contributed by atoms with van der Waals surface area (Å²) in [7, 11) is 0. The van der Waals surface area contributed by atoms with Gasteiger partial charge in [-0.2, -0.15) is 0 Å². The van der Waals surface area contributed by atoms with Gasteiger partial charge in [-0.05, 0) is 48.2 Å². The molecule has 4 rings (SSSR count). The molecule has 0 aromatic heterocycles. The van der Waals surface area contributed by atoms with Crippen molar-refractivity contribution < 1.29 is 14.0 Å². The normalized spacial score (nSPS) is 22.1. The fourth-order valence-electron chi connectivity index (χ4n) is 3.75. The molecule has 0 saturated carbocycles. The highest BCUT2D eigenvalue weighted by atomic mass is 19.1. The Balaban J connectivity index is 1.44. The van der Waals surface area contributed by atoms with Crippen LogP contribution >= 0.6 is 0 Å². The molecule has 1 saturated heterocycles. The third-order valence-corrected chi connectivity index (χ3v) is 5.08. The lowest BCUT2D eigenvalue weighted by molar-refractivity contribution is -0.127. The van der Waals surface area contributed by atoms with Crippen LogP contribution in [0.15, 0.2) is 48.5 Å². The molecule has 4 nitrogen and oxygen atoms in total. The van der Waals surface area contributed by atoms with E-state index in [0.717, 1.165) is 12.8 Å². The molecule has 1 heterocycles. The van der Waals surface area contributed by atoms with Crippen LogP contribution < -0.4 is 10.2 Å². The zero-order valence-corrected chi connectivity index (χ0v) is 13.7. The number of benzene rings is 2. The van der Waals surface area contributed by atoms with Gasteiger partial charge < -0.3 is 10.2 Å². The Morgan fingerprint density at radius 2 is 1.88 bits per heavy atom. The molecule has 128 valence electrons. The average molecular weight is 338 g/mol. The van der Waals surface area contributed by atoms with E-state index >= 15 is 0 Å². The summed E-state index contributed by atoms with van der Waals surface area (Å²) in [4.78, 5) is 26.5. The van der Waals surface area contributed by atoms with Gasteiger partial charge >= 0.3 is 0 Å². The Labute approximate surface area is 145 Å². The fraction of sp³-hybridized carbons (Fsp3) is 0.300. The van der Waals surface area contributed by atoms with Crippen LogP contribution in [0.4, 0.5) is 10.1 Å². The number of anilines is 1. The summed E-state index contributed by atoms with van der Waals surface area (Å²) in [6.07, 6.45) is 2.05. The highest BCUT2D eigenvalue weighted by molar-refractivity contribution is 6.00. The molecule has 0 bridgehead atoms. The van der Waals surface area contributed by atoms with E-state index in [1.165, 1.54) is 23.3 Å². The molecule has 1 aliphatic heterocycles. The monoisotopic (exact) mass is 338 g/mol. The third-order valence-electron chi connectivity index (χ3n) is 5.08. The lowest BCUT2D eigenvalue weighted by Gasteiger charge is -2.19. The smallest absolute Gasteiger partial charge is 0.227 e. The van der Waals surface area contributed by atoms with Crippen molar-refractivity contribution in [2.45, 2.75) is 25.3 Å². The second-order valence-corrected chi connectivity index (χ2v) is 6.68. The largest absolute Gasteiger partial charge is 0.349 e. The third kappa shape index (κ3) is 3.02. The van der Waals surface area contributed by atoms with Gasteiger partial charge in [0.25, 0.3) is 0 Å². The minimum absolute atomic E-state index is 0.0265. The lowest BCUT2D eigenvalue weighted by Crippen LogP contribution is -2.34. The predicted molar refractivity (Wildman–Crippen MR) is 92.5 cm³/mol. The topological polar surface area (TPSA) is 49.4 Å². The highest BCUT2D eigenvalue weighted by Gasteiger charge is 2.36. The molecule has 0 spiro atoms. The van der Waals surface area contributed by atoms with Gasteiger partial charge in [-0.15, -0.1) is 0 Å². The Hall–Kier alpha value is -2.69. The van der Waals surface area contributed by atoms with Gasteiger partial charge in [0.2, 0.25) is 11.8 Å². The number of aryl methyl sites for hydroxylation is 1. The maximum Gasteiger partial charge on any atom is 0.227 e. The van der Waals surface area contributed by atoms with E-state index < -0.39 is 0 Å². The van der Waals surface area contributed by atoms with Crippen molar-refractivity contribution in [3.05, 3.63) is 65.5 Å². The average Bonchev–Trinajstić information content (AvgIpc) is 3.20. The maximum atomic E-state index is 13.1. The molecule has 2 amide bonds. The van der Waals surface area contributed by atoms with Gasteiger partial charge in [0.1, 0.15) is 5.82 Å². The van der Waals surface area contributed by atoms with E-state index in [4.69, 9.17) is 0 Å². The number of nitrogens with zero attached hydrogens (tertiary/aromatic N) is 1. The van der Waals surface area contributed by atoms with Crippen LogP contribution in [0, 0.1) is 11.7 Å². The number of hydrogen-bond donors (Lipinski definition) is 1. The number of carbonyl (C=O) groups is 2. The quantitative estimate of drug-likeness (QED) is 0.935. The standard InChI is InChI=1S/C20H19FN2O2/c21-15-6-8-16(9-7-15)23-12-14(11-19(23)24)20(25)22-18-10-5-13-3-1-2-4-17(13)18/h1-4,6-9,14,18H,5,10-12H2,(H,22,25). The molecular formula is C20H19FN2O2. The van der Waals surface area contributed by atoms with Gasteiger partial charge in [-0.1, -0.05) is 24.3 Å². The van der Waals surface area contributed by atoms with Crippen LogP contribution in [-0.4, -0.2) is 18.4 Å². The van der Waals surface area contributed by atoms with Crippen LogP contribution in [0.5, 0.6) is 0 Å². The Kier molecular flexibility index (Phi) is 3.99. The summed E-state index contributed by atoms with van der Waals surface area (Å²) in [5.41, 5.74) is 3.09. The van der Waals surface area contributed by atoms with Crippen molar-refractivity contribution in [2.75, 3.05) is 11.4 Å². The van der Waals surface area contributed by atoms with E-state index in [1.54, 1.807) is 17.0 Å². The van der Waals surface area contributed by atoms with Gasteiger partial charge in [-0.3, -0.25) is 9.59 Å². The SMILES string of the molecule is O=C(NC1CCc2ccccc21)C1CC(=O)N(c2ccc(F)cc2)C1. The van der Waals surface area contributed by atoms with Gasteiger partial charge in [0.15, 0.2) is 0 Å². The molecule has 0 radical (unpaired) electrons. The highest BCUT2D eigenvalue weighted by Crippen LogP contribution is 2.32.